The van der Waals surface area contributed by atoms with Crippen LogP contribution < -0.4 is 0 Å². The molecule has 0 nitrogen and oxygen atoms in total. The van der Waals surface area contributed by atoms with Gasteiger partial charge in [0.25, 0.3) is 0 Å². The SMILES string of the molecule is C=C[CH2-].[CH2-]CCCCC.[Mg+2]. The maximum absolute atomic E-state index is 3.72. The van der Waals surface area contributed by atoms with Gasteiger partial charge in [-0.1, -0.05) is 26.2 Å². The summed E-state index contributed by atoms with van der Waals surface area (Å²) < 4.78 is 0. The monoisotopic (exact) mass is 150 g/mol. The van der Waals surface area contributed by atoms with Crippen LogP contribution in [-0.4, -0.2) is 23.1 Å². The zero-order valence-corrected chi connectivity index (χ0v) is 8.65. The molecule has 0 heterocycles. The third-order valence-electron chi connectivity index (χ3n) is 0.854. The van der Waals surface area contributed by atoms with Crippen molar-refractivity contribution >= 4 is 23.1 Å². The summed E-state index contributed by atoms with van der Waals surface area (Å²) in [7, 11) is 0. The van der Waals surface area contributed by atoms with E-state index in [-0.39, 0.29) is 23.1 Å². The van der Waals surface area contributed by atoms with Gasteiger partial charge in [0.2, 0.25) is 0 Å². The van der Waals surface area contributed by atoms with E-state index in [9.17, 15) is 0 Å². The fourth-order valence-corrected chi connectivity index (χ4v) is 0.427. The quantitative estimate of drug-likeness (QED) is 0.330. The van der Waals surface area contributed by atoms with Crippen LogP contribution in [0.4, 0.5) is 0 Å². The van der Waals surface area contributed by atoms with Crippen molar-refractivity contribution in [1.82, 2.24) is 0 Å². The molecule has 0 aliphatic carbocycles. The summed E-state index contributed by atoms with van der Waals surface area (Å²) in [5.74, 6) is 0. The Morgan fingerprint density at radius 1 is 1.40 bits per heavy atom. The second-order valence-corrected chi connectivity index (χ2v) is 1.85. The third-order valence-corrected chi connectivity index (χ3v) is 0.854. The molecule has 0 radical (unpaired) electrons. The molecule has 0 rings (SSSR count). The molecule has 0 aromatic rings. The standard InChI is InChI=1S/C6H13.C3H5.Mg/c1-3-5-6-4-2;1-3-2;/h1,3-6H2,2H3;3H,1-2H2;/q2*-1;+2. The number of hydrogen-bond donors (Lipinski definition) is 0. The molecular formula is C9H18Mg. The smallest absolute Gasteiger partial charge is 0.343 e. The Kier molecular flexibility index (Phi) is 38.2. The first-order valence-corrected chi connectivity index (χ1v) is 3.52. The summed E-state index contributed by atoms with van der Waals surface area (Å²) in [5.41, 5.74) is 0. The minimum Gasteiger partial charge on any atom is -0.343 e. The summed E-state index contributed by atoms with van der Waals surface area (Å²) in [6.45, 7) is 12.4. The largest absolute Gasteiger partial charge is 2.00 e. The maximum atomic E-state index is 3.72. The molecule has 1 heteroatoms. The molecule has 0 aromatic heterocycles. The molecule has 0 atom stereocenters. The van der Waals surface area contributed by atoms with Crippen LogP contribution in [0.3, 0.4) is 0 Å². The molecule has 0 bridgehead atoms. The van der Waals surface area contributed by atoms with Crippen LogP contribution in [0.1, 0.15) is 32.6 Å². The Balaban J connectivity index is -0.000000107. The number of rotatable bonds is 3. The molecule has 0 aromatic carbocycles. The van der Waals surface area contributed by atoms with Gasteiger partial charge in [-0.05, 0) is 0 Å². The van der Waals surface area contributed by atoms with Gasteiger partial charge in [-0.2, -0.15) is 6.42 Å². The Hall–Kier alpha value is 0.376. The van der Waals surface area contributed by atoms with Crippen molar-refractivity contribution in [3.63, 3.8) is 0 Å². The molecule has 0 aliphatic rings. The van der Waals surface area contributed by atoms with Crippen molar-refractivity contribution in [2.24, 2.45) is 0 Å². The van der Waals surface area contributed by atoms with Crippen LogP contribution in [0.15, 0.2) is 12.7 Å². The summed E-state index contributed by atoms with van der Waals surface area (Å²) in [4.78, 5) is 0. The normalized spacial score (nSPS) is 6.60. The predicted molar refractivity (Wildman–Crippen MR) is 50.8 cm³/mol. The molecule has 10 heavy (non-hydrogen) atoms. The Bertz CT molecular complexity index is 38.0. The topological polar surface area (TPSA) is 0 Å². The molecule has 0 aliphatic heterocycles. The van der Waals surface area contributed by atoms with E-state index < -0.39 is 0 Å². The van der Waals surface area contributed by atoms with Crippen molar-refractivity contribution in [3.8, 4) is 0 Å². The molecule has 0 saturated carbocycles. The summed E-state index contributed by atoms with van der Waals surface area (Å²) in [5, 5.41) is 0. The molecule has 0 saturated heterocycles. The minimum atomic E-state index is 0. The van der Waals surface area contributed by atoms with E-state index >= 15 is 0 Å². The van der Waals surface area contributed by atoms with Crippen LogP contribution in [-0.2, 0) is 0 Å². The molecule has 0 fully saturated rings. The molecule has 0 amide bonds. The van der Waals surface area contributed by atoms with Crippen LogP contribution in [0, 0.1) is 13.8 Å². The van der Waals surface area contributed by atoms with E-state index in [0.717, 1.165) is 6.42 Å². The van der Waals surface area contributed by atoms with Gasteiger partial charge in [0, 0.05) is 0 Å². The number of unbranched alkanes of at least 4 members (excludes halogenated alkanes) is 3. The summed E-state index contributed by atoms with van der Waals surface area (Å²) in [6, 6.07) is 0. The van der Waals surface area contributed by atoms with Crippen molar-refractivity contribution in [3.05, 3.63) is 26.5 Å². The Morgan fingerprint density at radius 3 is 1.90 bits per heavy atom. The molecule has 0 unspecified atom stereocenters. The first-order valence-electron chi connectivity index (χ1n) is 3.52. The van der Waals surface area contributed by atoms with Gasteiger partial charge in [-0.3, -0.25) is 0 Å². The second-order valence-electron chi connectivity index (χ2n) is 1.85. The average molecular weight is 151 g/mol. The maximum Gasteiger partial charge on any atom is 2.00 e. The predicted octanol–water partition coefficient (Wildman–Crippen LogP) is 3.03. The molecule has 0 spiro atoms. The zero-order chi connectivity index (χ0) is 7.54. The van der Waals surface area contributed by atoms with Crippen LogP contribution in [0.2, 0.25) is 0 Å². The van der Waals surface area contributed by atoms with Gasteiger partial charge in [0.1, 0.15) is 0 Å². The summed E-state index contributed by atoms with van der Waals surface area (Å²) in [6.07, 6.45) is 6.57. The van der Waals surface area contributed by atoms with Crippen molar-refractivity contribution < 1.29 is 0 Å². The van der Waals surface area contributed by atoms with Gasteiger partial charge in [0.05, 0.1) is 0 Å². The van der Waals surface area contributed by atoms with E-state index in [1.165, 1.54) is 25.3 Å². The number of allylic oxidation sites excluding steroid dienone is 1. The molecular weight excluding hydrogens is 132 g/mol. The minimum absolute atomic E-state index is 0. The Morgan fingerprint density at radius 2 is 1.80 bits per heavy atom. The average Bonchev–Trinajstić information content (AvgIpc) is 1.86. The van der Waals surface area contributed by atoms with Gasteiger partial charge in [0.15, 0.2) is 0 Å². The van der Waals surface area contributed by atoms with Crippen LogP contribution in [0.25, 0.3) is 0 Å². The molecule has 0 N–H and O–H groups in total. The number of hydrogen-bond acceptors (Lipinski definition) is 0. The second kappa shape index (κ2) is 22.8. The van der Waals surface area contributed by atoms with Gasteiger partial charge >= 0.3 is 23.1 Å². The van der Waals surface area contributed by atoms with Crippen molar-refractivity contribution in [1.29, 1.82) is 0 Å². The van der Waals surface area contributed by atoms with E-state index in [4.69, 9.17) is 0 Å². The Labute approximate surface area is 82.2 Å². The van der Waals surface area contributed by atoms with E-state index in [2.05, 4.69) is 27.4 Å². The van der Waals surface area contributed by atoms with Crippen LogP contribution in [0.5, 0.6) is 0 Å². The fraction of sp³-hybridized carbons (Fsp3) is 0.556. The van der Waals surface area contributed by atoms with E-state index in [1.807, 2.05) is 0 Å². The molecule has 56 valence electrons. The first-order chi connectivity index (χ1) is 4.33. The summed E-state index contributed by atoms with van der Waals surface area (Å²) >= 11 is 0. The van der Waals surface area contributed by atoms with E-state index in [0.29, 0.717) is 0 Å². The third kappa shape index (κ3) is 40.0. The van der Waals surface area contributed by atoms with Crippen molar-refractivity contribution in [2.45, 2.75) is 32.6 Å². The fourth-order valence-electron chi connectivity index (χ4n) is 0.427. The van der Waals surface area contributed by atoms with Crippen LogP contribution >= 0.6 is 0 Å². The zero-order valence-electron chi connectivity index (χ0n) is 7.23. The van der Waals surface area contributed by atoms with Crippen molar-refractivity contribution in [2.75, 3.05) is 0 Å². The van der Waals surface area contributed by atoms with Gasteiger partial charge in [-0.15, -0.1) is 0 Å². The van der Waals surface area contributed by atoms with Gasteiger partial charge < -0.3 is 6.92 Å². The van der Waals surface area contributed by atoms with E-state index in [1.54, 1.807) is 0 Å². The van der Waals surface area contributed by atoms with Gasteiger partial charge in [-0.25, -0.2) is 19.6 Å². The first kappa shape index (κ1) is 16.8.